The molecule has 2 atom stereocenters. The second-order valence-corrected chi connectivity index (χ2v) is 9.29. The van der Waals surface area contributed by atoms with E-state index < -0.39 is 15.9 Å². The molecule has 3 aliphatic heterocycles. The fourth-order valence-electron chi connectivity index (χ4n) is 3.95. The highest BCUT2D eigenvalue weighted by molar-refractivity contribution is 7.91. The zero-order valence-electron chi connectivity index (χ0n) is 15.1. The molecule has 144 valence electrons. The molecule has 0 aromatic heterocycles. The van der Waals surface area contributed by atoms with Crippen molar-refractivity contribution in [1.29, 1.82) is 0 Å². The molecule has 1 N–H and O–H groups in total. The molecule has 3 heterocycles. The third-order valence-corrected chi connectivity index (χ3v) is 7.24. The number of likely N-dealkylation sites (N-methyl/N-ethyl adjacent to an activating group) is 1. The van der Waals surface area contributed by atoms with Crippen molar-refractivity contribution >= 4 is 21.8 Å². The number of sulfone groups is 1. The number of hydrogen-bond donors (Lipinski definition) is 1. The van der Waals surface area contributed by atoms with Gasteiger partial charge in [0.05, 0.1) is 42.5 Å². The molecular formula is C18H21N3O5S. The Morgan fingerprint density at radius 3 is 2.48 bits per heavy atom. The molecular weight excluding hydrogens is 370 g/mol. The van der Waals surface area contributed by atoms with Crippen LogP contribution >= 0.6 is 0 Å². The summed E-state index contributed by atoms with van der Waals surface area (Å²) in [7, 11) is 0.0833. The Morgan fingerprint density at radius 1 is 1.19 bits per heavy atom. The topological polar surface area (TPSA) is 96.0 Å². The van der Waals surface area contributed by atoms with Crippen LogP contribution in [0.25, 0.3) is 0 Å². The van der Waals surface area contributed by atoms with Crippen molar-refractivity contribution in [2.45, 2.75) is 18.5 Å². The average molecular weight is 391 g/mol. The number of rotatable bonds is 3. The molecule has 27 heavy (non-hydrogen) atoms. The van der Waals surface area contributed by atoms with Crippen LogP contribution in [0.3, 0.4) is 0 Å². The minimum Gasteiger partial charge on any atom is -0.497 e. The van der Waals surface area contributed by atoms with E-state index in [4.69, 9.17) is 4.74 Å². The van der Waals surface area contributed by atoms with E-state index in [1.54, 1.807) is 31.2 Å². The van der Waals surface area contributed by atoms with Crippen LogP contribution in [-0.4, -0.2) is 68.4 Å². The van der Waals surface area contributed by atoms with Crippen molar-refractivity contribution in [3.63, 3.8) is 0 Å². The number of nitrogens with zero attached hydrogens (tertiary/aromatic N) is 2. The highest BCUT2D eigenvalue weighted by atomic mass is 32.2. The molecule has 1 saturated heterocycles. The molecule has 1 aromatic carbocycles. The molecule has 0 unspecified atom stereocenters. The predicted molar refractivity (Wildman–Crippen MR) is 97.8 cm³/mol. The molecule has 1 aromatic rings. The number of ether oxygens (including phenoxy) is 1. The normalized spacial score (nSPS) is 27.0. The number of hydrogen-bond acceptors (Lipinski definition) is 5. The summed E-state index contributed by atoms with van der Waals surface area (Å²) in [6.07, 6.45) is 0.437. The van der Waals surface area contributed by atoms with Crippen molar-refractivity contribution in [2.75, 3.05) is 32.2 Å². The van der Waals surface area contributed by atoms with Crippen molar-refractivity contribution in [3.8, 4) is 5.75 Å². The van der Waals surface area contributed by atoms with Crippen LogP contribution in [-0.2, 0) is 14.6 Å². The van der Waals surface area contributed by atoms with E-state index in [-0.39, 0.29) is 36.0 Å². The first-order valence-electron chi connectivity index (χ1n) is 8.73. The van der Waals surface area contributed by atoms with Gasteiger partial charge in [0.1, 0.15) is 5.75 Å². The summed E-state index contributed by atoms with van der Waals surface area (Å²) in [5.41, 5.74) is 1.92. The molecule has 8 nitrogen and oxygen atoms in total. The first-order chi connectivity index (χ1) is 12.8. The molecule has 9 heteroatoms. The molecule has 0 bridgehead atoms. The average Bonchev–Trinajstić information content (AvgIpc) is 3.18. The second kappa shape index (κ2) is 6.26. The van der Waals surface area contributed by atoms with Gasteiger partial charge in [-0.25, -0.2) is 13.2 Å². The van der Waals surface area contributed by atoms with Gasteiger partial charge in [-0.1, -0.05) is 12.1 Å². The molecule has 4 rings (SSSR count). The Balaban J connectivity index is 1.68. The van der Waals surface area contributed by atoms with Crippen LogP contribution in [0.2, 0.25) is 0 Å². The molecule has 0 spiro atoms. The summed E-state index contributed by atoms with van der Waals surface area (Å²) in [5.74, 6) is 0.557. The van der Waals surface area contributed by atoms with Gasteiger partial charge in [-0.05, 0) is 24.1 Å². The van der Waals surface area contributed by atoms with Gasteiger partial charge in [-0.2, -0.15) is 0 Å². The number of carbonyl (C=O) groups excluding carboxylic acids is 2. The van der Waals surface area contributed by atoms with Gasteiger partial charge in [0, 0.05) is 13.1 Å². The van der Waals surface area contributed by atoms with Gasteiger partial charge in [-0.3, -0.25) is 9.69 Å². The van der Waals surface area contributed by atoms with Gasteiger partial charge in [0.25, 0.3) is 5.91 Å². The molecule has 0 radical (unpaired) electrons. The highest BCUT2D eigenvalue weighted by Crippen LogP contribution is 2.38. The van der Waals surface area contributed by atoms with E-state index in [0.717, 1.165) is 5.56 Å². The maximum atomic E-state index is 13.2. The van der Waals surface area contributed by atoms with E-state index in [1.165, 1.54) is 4.90 Å². The number of benzene rings is 1. The lowest BCUT2D eigenvalue weighted by Crippen LogP contribution is -2.45. The Morgan fingerprint density at radius 2 is 1.89 bits per heavy atom. The lowest BCUT2D eigenvalue weighted by Gasteiger charge is -2.31. The number of urea groups is 1. The molecule has 1 fully saturated rings. The van der Waals surface area contributed by atoms with Gasteiger partial charge < -0.3 is 15.0 Å². The molecule has 0 aliphatic carbocycles. The van der Waals surface area contributed by atoms with Gasteiger partial charge in [0.2, 0.25) is 0 Å². The van der Waals surface area contributed by atoms with Crippen LogP contribution in [0.4, 0.5) is 4.79 Å². The lowest BCUT2D eigenvalue weighted by molar-refractivity contribution is -0.127. The van der Waals surface area contributed by atoms with E-state index >= 15 is 0 Å². The van der Waals surface area contributed by atoms with Crippen molar-refractivity contribution in [1.82, 2.24) is 15.1 Å². The number of nitrogens with one attached hydrogen (secondary N) is 1. The Labute approximate surface area is 157 Å². The fraction of sp³-hybridized carbons (Fsp3) is 0.444. The minimum atomic E-state index is -3.11. The number of amides is 3. The zero-order valence-corrected chi connectivity index (χ0v) is 16.0. The van der Waals surface area contributed by atoms with E-state index in [1.807, 2.05) is 12.1 Å². The quantitative estimate of drug-likeness (QED) is 0.817. The lowest BCUT2D eigenvalue weighted by atomic mass is 9.95. The summed E-state index contributed by atoms with van der Waals surface area (Å²) in [6, 6.07) is 5.99. The Kier molecular flexibility index (Phi) is 4.14. The van der Waals surface area contributed by atoms with E-state index in [9.17, 15) is 18.0 Å². The van der Waals surface area contributed by atoms with Gasteiger partial charge in [0.15, 0.2) is 9.84 Å². The molecule has 0 saturated carbocycles. The van der Waals surface area contributed by atoms with Crippen molar-refractivity contribution < 1.29 is 22.7 Å². The van der Waals surface area contributed by atoms with Crippen LogP contribution in [0.1, 0.15) is 18.0 Å². The monoisotopic (exact) mass is 391 g/mol. The van der Waals surface area contributed by atoms with Crippen molar-refractivity contribution in [3.05, 3.63) is 41.1 Å². The maximum Gasteiger partial charge on any atom is 0.322 e. The first kappa shape index (κ1) is 17.8. The standard InChI is InChI=1S/C18H21N3O5S/c1-20-14-9-21(12-7-8-27(24,25)10-12)17(22)15(14)16(19-18(20)23)11-3-5-13(26-2)6-4-11/h3-6,12,16H,7-10H2,1-2H3,(H,19,23)/t12-,16-/m1/s1. The summed E-state index contributed by atoms with van der Waals surface area (Å²) in [6.45, 7) is 0.255. The van der Waals surface area contributed by atoms with E-state index in [0.29, 0.717) is 23.4 Å². The Hall–Kier alpha value is -2.55. The van der Waals surface area contributed by atoms with Crippen LogP contribution in [0, 0.1) is 0 Å². The van der Waals surface area contributed by atoms with Gasteiger partial charge >= 0.3 is 6.03 Å². The summed E-state index contributed by atoms with van der Waals surface area (Å²) >= 11 is 0. The van der Waals surface area contributed by atoms with Gasteiger partial charge in [-0.15, -0.1) is 0 Å². The molecule has 3 aliphatic rings. The predicted octanol–water partition coefficient (Wildman–Crippen LogP) is 0.675. The van der Waals surface area contributed by atoms with Crippen LogP contribution in [0.15, 0.2) is 35.5 Å². The molecule has 3 amide bonds. The fourth-order valence-corrected chi connectivity index (χ4v) is 5.68. The van der Waals surface area contributed by atoms with Crippen molar-refractivity contribution in [2.24, 2.45) is 0 Å². The third kappa shape index (κ3) is 2.95. The number of methoxy groups -OCH3 is 1. The summed E-state index contributed by atoms with van der Waals surface area (Å²) in [5, 5.41) is 2.87. The number of carbonyl (C=O) groups is 2. The second-order valence-electron chi connectivity index (χ2n) is 7.06. The Bertz CT molecular complexity index is 938. The SMILES string of the molecule is COc1ccc([C@H]2NC(=O)N(C)C3=C2C(=O)N([C@@H]2CCS(=O)(=O)C2)C3)cc1. The summed E-state index contributed by atoms with van der Waals surface area (Å²) < 4.78 is 28.8. The van der Waals surface area contributed by atoms with Crippen LogP contribution in [0.5, 0.6) is 5.75 Å². The highest BCUT2D eigenvalue weighted by Gasteiger charge is 2.46. The first-order valence-corrected chi connectivity index (χ1v) is 10.6. The maximum absolute atomic E-state index is 13.2. The zero-order chi connectivity index (χ0) is 19.3. The van der Waals surface area contributed by atoms with E-state index in [2.05, 4.69) is 5.32 Å². The smallest absolute Gasteiger partial charge is 0.322 e. The third-order valence-electron chi connectivity index (χ3n) is 5.49. The van der Waals surface area contributed by atoms with Crippen LogP contribution < -0.4 is 10.1 Å². The summed E-state index contributed by atoms with van der Waals surface area (Å²) in [4.78, 5) is 28.6. The largest absolute Gasteiger partial charge is 0.497 e. The minimum absolute atomic E-state index is 0.0163.